The number of alkyl halides is 2. The molecule has 0 saturated heterocycles. The SMILES string of the molecule is COC(=O)CCC(F)(F)c1ccccc1. The summed E-state index contributed by atoms with van der Waals surface area (Å²) in [6.07, 6.45) is -0.803. The Morgan fingerprint density at radius 3 is 2.47 bits per heavy atom. The molecule has 0 heterocycles. The summed E-state index contributed by atoms with van der Waals surface area (Å²) in [5, 5.41) is 0. The molecule has 0 amide bonds. The summed E-state index contributed by atoms with van der Waals surface area (Å²) >= 11 is 0. The molecule has 0 aromatic heterocycles. The second kappa shape index (κ2) is 4.87. The van der Waals surface area contributed by atoms with Crippen LogP contribution in [-0.4, -0.2) is 13.1 Å². The minimum absolute atomic E-state index is 0.0751. The summed E-state index contributed by atoms with van der Waals surface area (Å²) < 4.78 is 31.2. The van der Waals surface area contributed by atoms with E-state index in [0.717, 1.165) is 0 Å². The first kappa shape index (κ1) is 11.6. The van der Waals surface area contributed by atoms with Crippen molar-refractivity contribution in [3.8, 4) is 0 Å². The van der Waals surface area contributed by atoms with Crippen molar-refractivity contribution in [2.45, 2.75) is 18.8 Å². The second-order valence-electron chi connectivity index (χ2n) is 3.15. The van der Waals surface area contributed by atoms with Crippen LogP contribution in [0.5, 0.6) is 0 Å². The van der Waals surface area contributed by atoms with Gasteiger partial charge in [-0.2, -0.15) is 0 Å². The molecule has 1 aromatic rings. The number of carbonyl (C=O) groups excluding carboxylic acids is 1. The molecule has 0 spiro atoms. The Labute approximate surface area is 86.9 Å². The van der Waals surface area contributed by atoms with Crippen molar-refractivity contribution in [2.75, 3.05) is 7.11 Å². The van der Waals surface area contributed by atoms with E-state index < -0.39 is 18.3 Å². The fourth-order valence-corrected chi connectivity index (χ4v) is 1.19. The first-order valence-electron chi connectivity index (χ1n) is 4.56. The number of methoxy groups -OCH3 is 1. The summed E-state index contributed by atoms with van der Waals surface area (Å²) in [4.78, 5) is 10.7. The first-order chi connectivity index (χ1) is 7.06. The van der Waals surface area contributed by atoms with Gasteiger partial charge in [0.05, 0.1) is 13.5 Å². The van der Waals surface area contributed by atoms with Gasteiger partial charge in [-0.15, -0.1) is 0 Å². The topological polar surface area (TPSA) is 26.3 Å². The highest BCUT2D eigenvalue weighted by Crippen LogP contribution is 2.32. The van der Waals surface area contributed by atoms with Crippen molar-refractivity contribution in [3.05, 3.63) is 35.9 Å². The minimum Gasteiger partial charge on any atom is -0.469 e. The minimum atomic E-state index is -2.98. The summed E-state index contributed by atoms with van der Waals surface area (Å²) in [7, 11) is 1.18. The lowest BCUT2D eigenvalue weighted by atomic mass is 10.0. The van der Waals surface area contributed by atoms with E-state index in [1.54, 1.807) is 18.2 Å². The van der Waals surface area contributed by atoms with Crippen LogP contribution in [0.1, 0.15) is 18.4 Å². The van der Waals surface area contributed by atoms with Gasteiger partial charge in [0.15, 0.2) is 0 Å². The maximum atomic E-state index is 13.4. The van der Waals surface area contributed by atoms with Crippen LogP contribution in [0.3, 0.4) is 0 Å². The van der Waals surface area contributed by atoms with Crippen LogP contribution in [0.4, 0.5) is 8.78 Å². The predicted molar refractivity (Wildman–Crippen MR) is 51.6 cm³/mol. The van der Waals surface area contributed by atoms with E-state index >= 15 is 0 Å². The number of halogens is 2. The van der Waals surface area contributed by atoms with Gasteiger partial charge in [-0.05, 0) is 0 Å². The standard InChI is InChI=1S/C11H12F2O2/c1-15-10(14)7-8-11(12,13)9-5-3-2-4-6-9/h2-6H,7-8H2,1H3. The lowest BCUT2D eigenvalue weighted by molar-refractivity contribution is -0.143. The van der Waals surface area contributed by atoms with Crippen LogP contribution in [0, 0.1) is 0 Å². The molecule has 82 valence electrons. The highest BCUT2D eigenvalue weighted by Gasteiger charge is 2.31. The van der Waals surface area contributed by atoms with Gasteiger partial charge in [-0.3, -0.25) is 4.79 Å². The molecule has 0 saturated carbocycles. The average Bonchev–Trinajstić information content (AvgIpc) is 2.27. The number of carbonyl (C=O) groups is 1. The third-order valence-corrected chi connectivity index (χ3v) is 2.07. The van der Waals surface area contributed by atoms with Crippen molar-refractivity contribution < 1.29 is 18.3 Å². The van der Waals surface area contributed by atoms with Crippen LogP contribution < -0.4 is 0 Å². The molecule has 4 heteroatoms. The maximum Gasteiger partial charge on any atom is 0.305 e. The van der Waals surface area contributed by atoms with Gasteiger partial charge in [0, 0.05) is 12.0 Å². The molecule has 0 atom stereocenters. The van der Waals surface area contributed by atoms with Crippen molar-refractivity contribution in [2.24, 2.45) is 0 Å². The second-order valence-corrected chi connectivity index (χ2v) is 3.15. The zero-order valence-corrected chi connectivity index (χ0v) is 8.37. The number of rotatable bonds is 4. The highest BCUT2D eigenvalue weighted by atomic mass is 19.3. The van der Waals surface area contributed by atoms with Crippen LogP contribution in [-0.2, 0) is 15.5 Å². The lowest BCUT2D eigenvalue weighted by Crippen LogP contribution is -2.15. The number of hydrogen-bond donors (Lipinski definition) is 0. The quantitative estimate of drug-likeness (QED) is 0.720. The zero-order valence-electron chi connectivity index (χ0n) is 8.37. The third kappa shape index (κ3) is 3.31. The summed E-state index contributed by atoms with van der Waals surface area (Å²) in [6, 6.07) is 7.44. The third-order valence-electron chi connectivity index (χ3n) is 2.07. The van der Waals surface area contributed by atoms with Gasteiger partial charge < -0.3 is 4.74 Å². The molecule has 2 nitrogen and oxygen atoms in total. The van der Waals surface area contributed by atoms with Crippen molar-refractivity contribution in [1.82, 2.24) is 0 Å². The molecule has 1 rings (SSSR count). The average molecular weight is 214 g/mol. The fourth-order valence-electron chi connectivity index (χ4n) is 1.19. The Kier molecular flexibility index (Phi) is 3.77. The molecule has 0 radical (unpaired) electrons. The molecular weight excluding hydrogens is 202 g/mol. The van der Waals surface area contributed by atoms with E-state index in [-0.39, 0.29) is 12.0 Å². The van der Waals surface area contributed by atoms with Crippen LogP contribution in [0.25, 0.3) is 0 Å². The molecule has 0 aliphatic carbocycles. The van der Waals surface area contributed by atoms with Crippen LogP contribution in [0.15, 0.2) is 30.3 Å². The number of ether oxygens (including phenoxy) is 1. The molecule has 0 aliphatic heterocycles. The molecule has 0 bridgehead atoms. The van der Waals surface area contributed by atoms with E-state index in [1.165, 1.54) is 19.2 Å². The monoisotopic (exact) mass is 214 g/mol. The molecule has 0 fully saturated rings. The predicted octanol–water partition coefficient (Wildman–Crippen LogP) is 2.73. The Hall–Kier alpha value is -1.45. The van der Waals surface area contributed by atoms with Gasteiger partial charge in [-0.1, -0.05) is 30.3 Å². The largest absolute Gasteiger partial charge is 0.469 e. The smallest absolute Gasteiger partial charge is 0.305 e. The van der Waals surface area contributed by atoms with Gasteiger partial charge in [0.25, 0.3) is 5.92 Å². The molecule has 1 aromatic carbocycles. The molecular formula is C11H12F2O2. The highest BCUT2D eigenvalue weighted by molar-refractivity contribution is 5.69. The van der Waals surface area contributed by atoms with E-state index in [4.69, 9.17) is 0 Å². The van der Waals surface area contributed by atoms with Gasteiger partial charge in [0.2, 0.25) is 0 Å². The molecule has 0 N–H and O–H groups in total. The van der Waals surface area contributed by atoms with Crippen LogP contribution in [0.2, 0.25) is 0 Å². The maximum absolute atomic E-state index is 13.4. The van der Waals surface area contributed by atoms with Gasteiger partial charge in [-0.25, -0.2) is 8.78 Å². The summed E-state index contributed by atoms with van der Waals surface area (Å²) in [5.74, 6) is -3.60. The van der Waals surface area contributed by atoms with Crippen molar-refractivity contribution in [3.63, 3.8) is 0 Å². The zero-order chi connectivity index (χ0) is 11.3. The normalized spacial score (nSPS) is 11.1. The fraction of sp³-hybridized carbons (Fsp3) is 0.364. The van der Waals surface area contributed by atoms with E-state index in [1.807, 2.05) is 0 Å². The number of hydrogen-bond acceptors (Lipinski definition) is 2. The van der Waals surface area contributed by atoms with E-state index in [0.29, 0.717) is 0 Å². The van der Waals surface area contributed by atoms with Crippen LogP contribution >= 0.6 is 0 Å². The van der Waals surface area contributed by atoms with E-state index in [2.05, 4.69) is 4.74 Å². The molecule has 15 heavy (non-hydrogen) atoms. The molecule has 0 unspecified atom stereocenters. The molecule has 0 aliphatic rings. The number of benzene rings is 1. The summed E-state index contributed by atoms with van der Waals surface area (Å²) in [6.45, 7) is 0. The van der Waals surface area contributed by atoms with Gasteiger partial charge in [0.1, 0.15) is 0 Å². The Morgan fingerprint density at radius 1 is 1.33 bits per heavy atom. The Balaban J connectivity index is 2.63. The van der Waals surface area contributed by atoms with Gasteiger partial charge >= 0.3 is 5.97 Å². The number of esters is 1. The summed E-state index contributed by atoms with van der Waals surface area (Å²) in [5.41, 5.74) is -0.0751. The Morgan fingerprint density at radius 2 is 1.93 bits per heavy atom. The Bertz CT molecular complexity index is 323. The lowest BCUT2D eigenvalue weighted by Gasteiger charge is -2.15. The first-order valence-corrected chi connectivity index (χ1v) is 4.56. The van der Waals surface area contributed by atoms with E-state index in [9.17, 15) is 13.6 Å². The van der Waals surface area contributed by atoms with Crippen molar-refractivity contribution in [1.29, 1.82) is 0 Å². The van der Waals surface area contributed by atoms with Crippen molar-refractivity contribution >= 4 is 5.97 Å².